The quantitative estimate of drug-likeness (QED) is 0.454. The van der Waals surface area contributed by atoms with Crippen LogP contribution in [0.1, 0.15) is 5.56 Å². The molecule has 0 unspecified atom stereocenters. The summed E-state index contributed by atoms with van der Waals surface area (Å²) in [5.74, 6) is 0.631. The van der Waals surface area contributed by atoms with Crippen LogP contribution in [0.4, 0.5) is 0 Å². The molecule has 8 heteroatoms. The lowest BCUT2D eigenvalue weighted by atomic mass is 10.1. The number of hydrogen-bond acceptors (Lipinski definition) is 6. The Hall–Kier alpha value is -4.46. The number of pyridine rings is 2. The molecule has 6 aromatic rings. The molecule has 2 N–H and O–H groups in total. The Balaban J connectivity index is 1.52. The minimum Gasteiger partial charge on any atom is -0.336 e. The third-order valence-electron chi connectivity index (χ3n) is 5.15. The Kier molecular flexibility index (Phi) is 3.82. The monoisotopic (exact) mass is 404 g/mol. The van der Waals surface area contributed by atoms with Crippen molar-refractivity contribution in [2.24, 2.45) is 0 Å². The van der Waals surface area contributed by atoms with Gasteiger partial charge in [-0.3, -0.25) is 20.1 Å². The van der Waals surface area contributed by atoms with Gasteiger partial charge in [-0.2, -0.15) is 5.10 Å². The van der Waals surface area contributed by atoms with Gasteiger partial charge in [0.15, 0.2) is 11.5 Å². The van der Waals surface area contributed by atoms with Crippen molar-refractivity contribution in [3.8, 4) is 34.2 Å². The van der Waals surface area contributed by atoms with Crippen LogP contribution < -0.4 is 0 Å². The Bertz CT molecular complexity index is 1550. The van der Waals surface area contributed by atoms with Crippen LogP contribution in [0.15, 0.2) is 67.3 Å². The highest BCUT2D eigenvalue weighted by Gasteiger charge is 2.17. The third kappa shape index (κ3) is 2.93. The van der Waals surface area contributed by atoms with E-state index in [4.69, 9.17) is 9.97 Å². The molecule has 31 heavy (non-hydrogen) atoms. The van der Waals surface area contributed by atoms with Gasteiger partial charge in [-0.05, 0) is 31.2 Å². The second-order valence-corrected chi connectivity index (χ2v) is 7.27. The summed E-state index contributed by atoms with van der Waals surface area (Å²) >= 11 is 0. The van der Waals surface area contributed by atoms with Crippen LogP contribution >= 0.6 is 0 Å². The van der Waals surface area contributed by atoms with Crippen LogP contribution in [-0.4, -0.2) is 40.1 Å². The molecule has 5 heterocycles. The minimum atomic E-state index is 0.631. The molecule has 0 aliphatic rings. The molecule has 148 valence electrons. The number of aromatic amines is 2. The molecule has 0 atom stereocenters. The largest absolute Gasteiger partial charge is 0.336 e. The molecular weight excluding hydrogens is 388 g/mol. The number of nitrogens with one attached hydrogen (secondary N) is 2. The molecule has 8 nitrogen and oxygen atoms in total. The van der Waals surface area contributed by atoms with Gasteiger partial charge in [-0.15, -0.1) is 0 Å². The van der Waals surface area contributed by atoms with Crippen molar-refractivity contribution >= 4 is 22.1 Å². The van der Waals surface area contributed by atoms with Gasteiger partial charge in [-0.25, -0.2) is 9.97 Å². The van der Waals surface area contributed by atoms with E-state index in [1.165, 1.54) is 5.56 Å². The topological polar surface area (TPSA) is 109 Å². The number of aryl methyl sites for hydroxylation is 1. The normalized spacial score (nSPS) is 11.4. The van der Waals surface area contributed by atoms with Gasteiger partial charge in [0.1, 0.15) is 16.7 Å². The molecule has 1 aromatic carbocycles. The number of benzene rings is 1. The first-order valence-electron chi connectivity index (χ1n) is 9.80. The van der Waals surface area contributed by atoms with E-state index in [1.807, 2.05) is 30.3 Å². The van der Waals surface area contributed by atoms with E-state index < -0.39 is 0 Å². The zero-order valence-electron chi connectivity index (χ0n) is 16.5. The van der Waals surface area contributed by atoms with Gasteiger partial charge in [0.05, 0.1) is 28.6 Å². The smallest absolute Gasteiger partial charge is 0.161 e. The van der Waals surface area contributed by atoms with Crippen molar-refractivity contribution < 1.29 is 0 Å². The summed E-state index contributed by atoms with van der Waals surface area (Å²) in [6.45, 7) is 2.07. The summed E-state index contributed by atoms with van der Waals surface area (Å²) in [5, 5.41) is 7.51. The number of hydrogen-bond donors (Lipinski definition) is 2. The van der Waals surface area contributed by atoms with Gasteiger partial charge < -0.3 is 4.98 Å². The molecule has 0 radical (unpaired) electrons. The van der Waals surface area contributed by atoms with Gasteiger partial charge in [0, 0.05) is 24.2 Å². The third-order valence-corrected chi connectivity index (χ3v) is 5.15. The second kappa shape index (κ2) is 6.81. The second-order valence-electron chi connectivity index (χ2n) is 7.27. The van der Waals surface area contributed by atoms with E-state index in [9.17, 15) is 0 Å². The lowest BCUT2D eigenvalue weighted by Gasteiger charge is -2.02. The SMILES string of the molecule is Cc1cccc(-c2nccc3[nH]c(-c4n[nH]c5ccc(-c6cnccn6)nc45)nc23)c1. The van der Waals surface area contributed by atoms with Crippen LogP contribution in [0.3, 0.4) is 0 Å². The first-order valence-corrected chi connectivity index (χ1v) is 9.80. The maximum atomic E-state index is 4.85. The summed E-state index contributed by atoms with van der Waals surface area (Å²) in [6.07, 6.45) is 6.76. The van der Waals surface area contributed by atoms with Gasteiger partial charge >= 0.3 is 0 Å². The van der Waals surface area contributed by atoms with E-state index >= 15 is 0 Å². The highest BCUT2D eigenvalue weighted by Crippen LogP contribution is 2.30. The van der Waals surface area contributed by atoms with Crippen molar-refractivity contribution in [3.63, 3.8) is 0 Å². The van der Waals surface area contributed by atoms with Gasteiger partial charge in [-0.1, -0.05) is 23.8 Å². The highest BCUT2D eigenvalue weighted by atomic mass is 15.2. The van der Waals surface area contributed by atoms with Crippen molar-refractivity contribution in [2.75, 3.05) is 0 Å². The number of nitrogens with zero attached hydrogens (tertiary/aromatic N) is 6. The Labute approximate surface area is 176 Å². The van der Waals surface area contributed by atoms with Crippen LogP contribution in [0.25, 0.3) is 56.2 Å². The molecule has 0 bridgehead atoms. The molecule has 0 fully saturated rings. The maximum absolute atomic E-state index is 4.85. The van der Waals surface area contributed by atoms with E-state index in [1.54, 1.807) is 24.8 Å². The molecule has 0 saturated heterocycles. The minimum absolute atomic E-state index is 0.631. The van der Waals surface area contributed by atoms with Gasteiger partial charge in [0.25, 0.3) is 0 Å². The number of aromatic nitrogens is 8. The zero-order valence-corrected chi connectivity index (χ0v) is 16.5. The maximum Gasteiger partial charge on any atom is 0.161 e. The van der Waals surface area contributed by atoms with E-state index in [-0.39, 0.29) is 0 Å². The van der Waals surface area contributed by atoms with E-state index in [2.05, 4.69) is 49.2 Å². The number of H-pyrrole nitrogens is 2. The number of imidazole rings is 1. The van der Waals surface area contributed by atoms with E-state index in [0.717, 1.165) is 33.5 Å². The van der Waals surface area contributed by atoms with Crippen molar-refractivity contribution in [2.45, 2.75) is 6.92 Å². The van der Waals surface area contributed by atoms with Crippen LogP contribution in [0.2, 0.25) is 0 Å². The molecule has 0 spiro atoms. The Morgan fingerprint density at radius 2 is 1.71 bits per heavy atom. The molecule has 0 aliphatic carbocycles. The molecule has 0 aliphatic heterocycles. The summed E-state index contributed by atoms with van der Waals surface area (Å²) in [5.41, 5.74) is 8.32. The fourth-order valence-corrected chi connectivity index (χ4v) is 3.69. The Morgan fingerprint density at radius 3 is 2.58 bits per heavy atom. The van der Waals surface area contributed by atoms with E-state index in [0.29, 0.717) is 22.7 Å². The predicted octanol–water partition coefficient (Wildman–Crippen LogP) is 4.33. The average Bonchev–Trinajstić information content (AvgIpc) is 3.43. The summed E-state index contributed by atoms with van der Waals surface area (Å²) in [4.78, 5) is 26.1. The summed E-state index contributed by atoms with van der Waals surface area (Å²) < 4.78 is 0. The molecule has 6 rings (SSSR count). The standard InChI is InChI=1S/C23H16N8/c1-13-3-2-4-14(11-13)19-20-16(7-8-26-19)28-23(29-20)22-21-17(30-31-22)6-5-15(27-21)18-12-24-9-10-25-18/h2-12H,1H3,(H,28,29)(H,30,31). The summed E-state index contributed by atoms with van der Waals surface area (Å²) in [7, 11) is 0. The molecule has 5 aromatic heterocycles. The average molecular weight is 404 g/mol. The number of rotatable bonds is 3. The van der Waals surface area contributed by atoms with Crippen molar-refractivity contribution in [1.29, 1.82) is 0 Å². The molecular formula is C23H16N8. The predicted molar refractivity (Wildman–Crippen MR) is 118 cm³/mol. The Morgan fingerprint density at radius 1 is 0.774 bits per heavy atom. The first kappa shape index (κ1) is 17.4. The zero-order chi connectivity index (χ0) is 20.8. The van der Waals surface area contributed by atoms with Crippen molar-refractivity contribution in [1.82, 2.24) is 40.1 Å². The van der Waals surface area contributed by atoms with Crippen LogP contribution in [0, 0.1) is 6.92 Å². The van der Waals surface area contributed by atoms with Crippen LogP contribution in [-0.2, 0) is 0 Å². The lowest BCUT2D eigenvalue weighted by Crippen LogP contribution is -1.89. The van der Waals surface area contributed by atoms with Gasteiger partial charge in [0.2, 0.25) is 0 Å². The highest BCUT2D eigenvalue weighted by molar-refractivity contribution is 5.95. The van der Waals surface area contributed by atoms with Crippen molar-refractivity contribution in [3.05, 3.63) is 72.8 Å². The molecule has 0 saturated carbocycles. The number of fused-ring (bicyclic) bond motifs is 2. The van der Waals surface area contributed by atoms with Crippen LogP contribution in [0.5, 0.6) is 0 Å². The molecule has 0 amide bonds. The summed E-state index contributed by atoms with van der Waals surface area (Å²) in [6, 6.07) is 14.0. The fraction of sp³-hybridized carbons (Fsp3) is 0.0435. The first-order chi connectivity index (χ1) is 15.3. The lowest BCUT2D eigenvalue weighted by molar-refractivity contribution is 1.10. The fourth-order valence-electron chi connectivity index (χ4n) is 3.69.